The molecule has 2 aromatic heterocycles. The highest BCUT2D eigenvalue weighted by atomic mass is 35.5. The van der Waals surface area contributed by atoms with E-state index < -0.39 is 0 Å². The van der Waals surface area contributed by atoms with Gasteiger partial charge >= 0.3 is 0 Å². The zero-order valence-electron chi connectivity index (χ0n) is 13.3. The SMILES string of the molecule is Cc1nn2c(CN3CCC4(CCNCC4)C3)c(C)nc2s1.Cl. The lowest BCUT2D eigenvalue weighted by Gasteiger charge is -2.33. The number of halogens is 1. The summed E-state index contributed by atoms with van der Waals surface area (Å²) in [5.41, 5.74) is 2.99. The van der Waals surface area contributed by atoms with Crippen LogP contribution in [-0.4, -0.2) is 45.7 Å². The van der Waals surface area contributed by atoms with Crippen LogP contribution in [0, 0.1) is 19.3 Å². The Bertz CT molecular complexity index is 658. The minimum atomic E-state index is 0. The lowest BCUT2D eigenvalue weighted by Crippen LogP contribution is -2.38. The van der Waals surface area contributed by atoms with E-state index >= 15 is 0 Å². The van der Waals surface area contributed by atoms with Gasteiger partial charge < -0.3 is 5.32 Å². The molecule has 2 saturated heterocycles. The Labute approximate surface area is 141 Å². The van der Waals surface area contributed by atoms with Crippen molar-refractivity contribution in [3.05, 3.63) is 16.4 Å². The van der Waals surface area contributed by atoms with Crippen LogP contribution in [0.25, 0.3) is 4.96 Å². The molecule has 7 heteroatoms. The minimum Gasteiger partial charge on any atom is -0.317 e. The molecule has 0 aliphatic carbocycles. The first kappa shape index (κ1) is 16.2. The van der Waals surface area contributed by atoms with Gasteiger partial charge in [-0.3, -0.25) is 4.90 Å². The van der Waals surface area contributed by atoms with E-state index in [-0.39, 0.29) is 12.4 Å². The molecule has 4 rings (SSSR count). The van der Waals surface area contributed by atoms with E-state index in [4.69, 9.17) is 0 Å². The summed E-state index contributed by atoms with van der Waals surface area (Å²) in [6.45, 7) is 10.00. The molecule has 22 heavy (non-hydrogen) atoms. The van der Waals surface area contributed by atoms with E-state index in [1.54, 1.807) is 11.3 Å². The number of fused-ring (bicyclic) bond motifs is 1. The fraction of sp³-hybridized carbons (Fsp3) is 0.733. The third kappa shape index (κ3) is 2.77. The van der Waals surface area contributed by atoms with Crippen molar-refractivity contribution in [2.75, 3.05) is 26.2 Å². The average Bonchev–Trinajstić information content (AvgIpc) is 3.08. The maximum Gasteiger partial charge on any atom is 0.212 e. The summed E-state index contributed by atoms with van der Waals surface area (Å²) in [7, 11) is 0. The van der Waals surface area contributed by atoms with Crippen molar-refractivity contribution in [2.24, 2.45) is 5.41 Å². The highest BCUT2D eigenvalue weighted by Crippen LogP contribution is 2.39. The second kappa shape index (κ2) is 6.07. The molecule has 2 aliphatic heterocycles. The van der Waals surface area contributed by atoms with Crippen molar-refractivity contribution >= 4 is 28.7 Å². The molecule has 0 saturated carbocycles. The highest BCUT2D eigenvalue weighted by molar-refractivity contribution is 7.16. The molecule has 0 bridgehead atoms. The molecule has 2 fully saturated rings. The number of imidazole rings is 1. The summed E-state index contributed by atoms with van der Waals surface area (Å²) in [4.78, 5) is 8.31. The Balaban J connectivity index is 0.00000144. The van der Waals surface area contributed by atoms with Crippen LogP contribution >= 0.6 is 23.7 Å². The van der Waals surface area contributed by atoms with Crippen molar-refractivity contribution in [3.63, 3.8) is 0 Å². The van der Waals surface area contributed by atoms with Crippen molar-refractivity contribution in [3.8, 4) is 0 Å². The maximum atomic E-state index is 4.66. The Morgan fingerprint density at radius 3 is 2.77 bits per heavy atom. The number of hydrogen-bond acceptors (Lipinski definition) is 5. The lowest BCUT2D eigenvalue weighted by molar-refractivity contribution is 0.192. The van der Waals surface area contributed by atoms with Crippen molar-refractivity contribution in [1.82, 2.24) is 24.8 Å². The number of aromatic nitrogens is 3. The Morgan fingerprint density at radius 1 is 1.23 bits per heavy atom. The second-order valence-corrected chi connectivity index (χ2v) is 7.83. The Kier molecular flexibility index (Phi) is 4.47. The summed E-state index contributed by atoms with van der Waals surface area (Å²) < 4.78 is 2.06. The van der Waals surface area contributed by atoms with E-state index in [2.05, 4.69) is 38.7 Å². The first-order valence-corrected chi connectivity index (χ1v) is 8.72. The summed E-state index contributed by atoms with van der Waals surface area (Å²) in [6, 6.07) is 0. The molecule has 122 valence electrons. The van der Waals surface area contributed by atoms with E-state index in [0.717, 1.165) is 22.2 Å². The van der Waals surface area contributed by atoms with Crippen LogP contribution in [0.5, 0.6) is 0 Å². The van der Waals surface area contributed by atoms with Gasteiger partial charge in [-0.15, -0.1) is 12.4 Å². The van der Waals surface area contributed by atoms with Gasteiger partial charge in [-0.25, -0.2) is 9.50 Å². The molecule has 0 atom stereocenters. The van der Waals surface area contributed by atoms with Crippen LogP contribution in [0.1, 0.15) is 35.7 Å². The topological polar surface area (TPSA) is 45.5 Å². The maximum absolute atomic E-state index is 4.66. The number of hydrogen-bond donors (Lipinski definition) is 1. The highest BCUT2D eigenvalue weighted by Gasteiger charge is 2.39. The standard InChI is InChI=1S/C15H23N5S.ClH/c1-11-13(20-14(17-11)21-12(2)18-20)9-19-8-5-15(10-19)3-6-16-7-4-15;/h16H,3-10H2,1-2H3;1H. The molecule has 0 aromatic carbocycles. The van der Waals surface area contributed by atoms with E-state index in [9.17, 15) is 0 Å². The van der Waals surface area contributed by atoms with Crippen LogP contribution in [0.4, 0.5) is 0 Å². The van der Waals surface area contributed by atoms with Crippen LogP contribution in [0.2, 0.25) is 0 Å². The quantitative estimate of drug-likeness (QED) is 0.911. The third-order valence-corrected chi connectivity index (χ3v) is 5.98. The smallest absolute Gasteiger partial charge is 0.212 e. The number of nitrogens with zero attached hydrogens (tertiary/aromatic N) is 4. The van der Waals surface area contributed by atoms with Gasteiger partial charge in [0.2, 0.25) is 4.96 Å². The zero-order valence-corrected chi connectivity index (χ0v) is 14.9. The van der Waals surface area contributed by atoms with Crippen LogP contribution in [0.15, 0.2) is 0 Å². The normalized spacial score (nSPS) is 21.5. The summed E-state index contributed by atoms with van der Waals surface area (Å²) in [5, 5.41) is 9.20. The van der Waals surface area contributed by atoms with Gasteiger partial charge in [-0.2, -0.15) is 5.10 Å². The molecule has 2 aromatic rings. The van der Waals surface area contributed by atoms with Crippen LogP contribution < -0.4 is 5.32 Å². The van der Waals surface area contributed by atoms with Crippen LogP contribution in [-0.2, 0) is 6.54 Å². The summed E-state index contributed by atoms with van der Waals surface area (Å²) >= 11 is 1.68. The monoisotopic (exact) mass is 341 g/mol. The first-order chi connectivity index (χ1) is 10.2. The molecular formula is C15H24ClN5S. The first-order valence-electron chi connectivity index (χ1n) is 7.90. The van der Waals surface area contributed by atoms with Gasteiger partial charge in [-0.1, -0.05) is 11.3 Å². The van der Waals surface area contributed by atoms with Crippen LogP contribution in [0.3, 0.4) is 0 Å². The second-order valence-electron chi connectivity index (χ2n) is 6.67. The molecule has 4 heterocycles. The average molecular weight is 342 g/mol. The molecule has 0 amide bonds. The van der Waals surface area contributed by atoms with E-state index in [1.807, 2.05) is 0 Å². The predicted octanol–water partition coefficient (Wildman–Crippen LogP) is 2.40. The number of rotatable bonds is 2. The van der Waals surface area contributed by atoms with Gasteiger partial charge in [0.1, 0.15) is 5.01 Å². The molecule has 1 N–H and O–H groups in total. The predicted molar refractivity (Wildman–Crippen MR) is 92.0 cm³/mol. The lowest BCUT2D eigenvalue weighted by atomic mass is 9.78. The van der Waals surface area contributed by atoms with E-state index in [0.29, 0.717) is 5.41 Å². The number of piperidine rings is 1. The Hall–Kier alpha value is -0.690. The fourth-order valence-corrected chi connectivity index (χ4v) is 4.71. The summed E-state index contributed by atoms with van der Waals surface area (Å²) in [6.07, 6.45) is 4.02. The molecule has 1 spiro atoms. The molecule has 5 nitrogen and oxygen atoms in total. The Morgan fingerprint density at radius 2 is 2.00 bits per heavy atom. The molecular weight excluding hydrogens is 318 g/mol. The van der Waals surface area contributed by atoms with Crippen molar-refractivity contribution in [2.45, 2.75) is 39.7 Å². The number of nitrogens with one attached hydrogen (secondary N) is 1. The van der Waals surface area contributed by atoms with Gasteiger partial charge in [0.05, 0.1) is 11.4 Å². The fourth-order valence-electron chi connectivity index (χ4n) is 3.91. The zero-order chi connectivity index (χ0) is 14.4. The van der Waals surface area contributed by atoms with Gasteiger partial charge in [0, 0.05) is 13.1 Å². The van der Waals surface area contributed by atoms with Gasteiger partial charge in [0.25, 0.3) is 0 Å². The van der Waals surface area contributed by atoms with Gasteiger partial charge in [-0.05, 0) is 58.2 Å². The molecule has 2 aliphatic rings. The third-order valence-electron chi connectivity index (χ3n) is 5.15. The molecule has 0 radical (unpaired) electrons. The largest absolute Gasteiger partial charge is 0.317 e. The summed E-state index contributed by atoms with van der Waals surface area (Å²) in [5.74, 6) is 0. The minimum absolute atomic E-state index is 0. The number of likely N-dealkylation sites (tertiary alicyclic amines) is 1. The van der Waals surface area contributed by atoms with E-state index in [1.165, 1.54) is 51.1 Å². The van der Waals surface area contributed by atoms with Crippen molar-refractivity contribution < 1.29 is 0 Å². The van der Waals surface area contributed by atoms with Gasteiger partial charge in [0.15, 0.2) is 0 Å². The molecule has 0 unspecified atom stereocenters. The number of aryl methyl sites for hydroxylation is 2. The van der Waals surface area contributed by atoms with Crippen molar-refractivity contribution in [1.29, 1.82) is 0 Å².